The number of hydrogen-bond acceptors (Lipinski definition) is 4. The third-order valence-corrected chi connectivity index (χ3v) is 2.00. The number of carbonyl (C=O) groups is 1. The van der Waals surface area contributed by atoms with Gasteiger partial charge in [0.2, 0.25) is 0 Å². The molecule has 17 heavy (non-hydrogen) atoms. The minimum Gasteiger partial charge on any atom is -0.487 e. The highest BCUT2D eigenvalue weighted by Gasteiger charge is 2.09. The molecule has 4 nitrogen and oxygen atoms in total. The lowest BCUT2D eigenvalue weighted by Crippen LogP contribution is -2.07. The molecule has 0 fully saturated rings. The molecule has 0 unspecified atom stereocenters. The summed E-state index contributed by atoms with van der Waals surface area (Å²) in [7, 11) is 0. The standard InChI is InChI=1S/C13H17NO3/c1-4-16-13(15)10-5-6-11(14)12(7-10)17-8-9(2)3/h5-7H,2,4,8,14H2,1,3H3. The van der Waals surface area contributed by atoms with E-state index in [1.807, 2.05) is 6.92 Å². The highest BCUT2D eigenvalue weighted by Crippen LogP contribution is 2.23. The van der Waals surface area contributed by atoms with Crippen LogP contribution in [0.3, 0.4) is 0 Å². The fraction of sp³-hybridized carbons (Fsp3) is 0.308. The molecule has 0 aliphatic carbocycles. The molecule has 1 rings (SSSR count). The predicted molar refractivity (Wildman–Crippen MR) is 67.1 cm³/mol. The lowest BCUT2D eigenvalue weighted by Gasteiger charge is -2.10. The van der Waals surface area contributed by atoms with Gasteiger partial charge in [-0.3, -0.25) is 0 Å². The zero-order valence-corrected chi connectivity index (χ0v) is 10.2. The van der Waals surface area contributed by atoms with Gasteiger partial charge in [0, 0.05) is 0 Å². The van der Waals surface area contributed by atoms with Crippen LogP contribution in [0.1, 0.15) is 24.2 Å². The van der Waals surface area contributed by atoms with Crippen molar-refractivity contribution in [3.8, 4) is 5.75 Å². The summed E-state index contributed by atoms with van der Waals surface area (Å²) < 4.78 is 10.3. The lowest BCUT2D eigenvalue weighted by atomic mass is 10.2. The Bertz CT molecular complexity index is 427. The van der Waals surface area contributed by atoms with Crippen LogP contribution >= 0.6 is 0 Å². The highest BCUT2D eigenvalue weighted by atomic mass is 16.5. The molecule has 0 aliphatic rings. The predicted octanol–water partition coefficient (Wildman–Crippen LogP) is 2.40. The van der Waals surface area contributed by atoms with E-state index in [2.05, 4.69) is 6.58 Å². The largest absolute Gasteiger partial charge is 0.487 e. The van der Waals surface area contributed by atoms with Crippen LogP contribution in [0.5, 0.6) is 5.75 Å². The molecule has 0 aliphatic heterocycles. The van der Waals surface area contributed by atoms with Crippen LogP contribution in [-0.4, -0.2) is 19.2 Å². The maximum absolute atomic E-state index is 11.5. The van der Waals surface area contributed by atoms with Gasteiger partial charge in [-0.05, 0) is 37.6 Å². The van der Waals surface area contributed by atoms with E-state index in [0.717, 1.165) is 5.57 Å². The summed E-state index contributed by atoms with van der Waals surface area (Å²) >= 11 is 0. The zero-order chi connectivity index (χ0) is 12.8. The molecule has 0 heterocycles. The SMILES string of the molecule is C=C(C)COc1cc(C(=O)OCC)ccc1N. The van der Waals surface area contributed by atoms with Crippen LogP contribution in [0, 0.1) is 0 Å². The van der Waals surface area contributed by atoms with Crippen LogP contribution in [-0.2, 0) is 4.74 Å². The Kier molecular flexibility index (Phi) is 4.57. The van der Waals surface area contributed by atoms with Gasteiger partial charge in [0.25, 0.3) is 0 Å². The number of ether oxygens (including phenoxy) is 2. The van der Waals surface area contributed by atoms with Gasteiger partial charge in [-0.2, -0.15) is 0 Å². The topological polar surface area (TPSA) is 61.5 Å². The maximum Gasteiger partial charge on any atom is 0.338 e. The Morgan fingerprint density at radius 1 is 1.47 bits per heavy atom. The second kappa shape index (κ2) is 5.94. The van der Waals surface area contributed by atoms with E-state index in [-0.39, 0.29) is 5.97 Å². The minimum atomic E-state index is -0.382. The smallest absolute Gasteiger partial charge is 0.338 e. The Labute approximate surface area is 101 Å². The molecular weight excluding hydrogens is 218 g/mol. The van der Waals surface area contributed by atoms with Crippen LogP contribution in [0.4, 0.5) is 5.69 Å². The quantitative estimate of drug-likeness (QED) is 0.483. The monoisotopic (exact) mass is 235 g/mol. The Balaban J connectivity index is 2.86. The van der Waals surface area contributed by atoms with E-state index >= 15 is 0 Å². The molecule has 2 N–H and O–H groups in total. The van der Waals surface area contributed by atoms with Crippen LogP contribution in [0.2, 0.25) is 0 Å². The fourth-order valence-corrected chi connectivity index (χ4v) is 1.20. The first-order valence-corrected chi connectivity index (χ1v) is 5.38. The molecule has 0 bridgehead atoms. The van der Waals surface area contributed by atoms with Gasteiger partial charge in [-0.15, -0.1) is 0 Å². The number of carbonyl (C=O) groups excluding carboxylic acids is 1. The third-order valence-electron chi connectivity index (χ3n) is 2.00. The lowest BCUT2D eigenvalue weighted by molar-refractivity contribution is 0.0526. The number of anilines is 1. The normalized spacial score (nSPS) is 9.76. The summed E-state index contributed by atoms with van der Waals surface area (Å²) in [6.07, 6.45) is 0. The number of nitrogen functional groups attached to an aromatic ring is 1. The van der Waals surface area contributed by atoms with Crippen molar-refractivity contribution < 1.29 is 14.3 Å². The van der Waals surface area contributed by atoms with Crippen molar-refractivity contribution in [2.75, 3.05) is 18.9 Å². The molecule has 0 amide bonds. The number of nitrogens with two attached hydrogens (primary N) is 1. The zero-order valence-electron chi connectivity index (χ0n) is 10.2. The average Bonchev–Trinajstić information content (AvgIpc) is 2.28. The second-order valence-electron chi connectivity index (χ2n) is 3.72. The molecule has 4 heteroatoms. The second-order valence-corrected chi connectivity index (χ2v) is 3.72. The van der Waals surface area contributed by atoms with Crippen molar-refractivity contribution in [3.63, 3.8) is 0 Å². The van der Waals surface area contributed by atoms with Gasteiger partial charge in [-0.25, -0.2) is 4.79 Å². The van der Waals surface area contributed by atoms with E-state index in [4.69, 9.17) is 15.2 Å². The number of rotatable bonds is 5. The number of esters is 1. The molecule has 0 aromatic heterocycles. The van der Waals surface area contributed by atoms with E-state index in [0.29, 0.717) is 30.2 Å². The fourth-order valence-electron chi connectivity index (χ4n) is 1.20. The molecule has 1 aromatic carbocycles. The molecule has 0 saturated heterocycles. The van der Waals surface area contributed by atoms with Crippen molar-refractivity contribution in [2.45, 2.75) is 13.8 Å². The van der Waals surface area contributed by atoms with Gasteiger partial charge in [0.1, 0.15) is 12.4 Å². The van der Waals surface area contributed by atoms with Crippen LogP contribution in [0.25, 0.3) is 0 Å². The van der Waals surface area contributed by atoms with Crippen molar-refractivity contribution in [2.24, 2.45) is 0 Å². The van der Waals surface area contributed by atoms with Crippen molar-refractivity contribution in [3.05, 3.63) is 35.9 Å². The van der Waals surface area contributed by atoms with E-state index in [1.165, 1.54) is 0 Å². The summed E-state index contributed by atoms with van der Waals surface area (Å²) in [6, 6.07) is 4.82. The van der Waals surface area contributed by atoms with Crippen LogP contribution in [0.15, 0.2) is 30.4 Å². The number of hydrogen-bond donors (Lipinski definition) is 1. The van der Waals surface area contributed by atoms with Gasteiger partial charge in [0.05, 0.1) is 17.9 Å². The van der Waals surface area contributed by atoms with E-state index in [9.17, 15) is 4.79 Å². The summed E-state index contributed by atoms with van der Waals surface area (Å²) in [5.41, 5.74) is 7.54. The highest BCUT2D eigenvalue weighted by molar-refractivity contribution is 5.90. The van der Waals surface area contributed by atoms with Crippen molar-refractivity contribution in [1.29, 1.82) is 0 Å². The van der Waals surface area contributed by atoms with Gasteiger partial charge in [-0.1, -0.05) is 6.58 Å². The van der Waals surface area contributed by atoms with E-state index in [1.54, 1.807) is 25.1 Å². The first kappa shape index (κ1) is 13.1. The molecular formula is C13H17NO3. The molecule has 0 spiro atoms. The third kappa shape index (κ3) is 3.83. The minimum absolute atomic E-state index is 0.338. The van der Waals surface area contributed by atoms with Crippen LogP contribution < -0.4 is 10.5 Å². The van der Waals surface area contributed by atoms with Gasteiger partial charge < -0.3 is 15.2 Å². The molecule has 0 saturated carbocycles. The van der Waals surface area contributed by atoms with Crippen molar-refractivity contribution in [1.82, 2.24) is 0 Å². The Morgan fingerprint density at radius 2 is 2.18 bits per heavy atom. The average molecular weight is 235 g/mol. The summed E-state index contributed by atoms with van der Waals surface area (Å²) in [5, 5.41) is 0. The molecule has 0 atom stereocenters. The summed E-state index contributed by atoms with van der Waals surface area (Å²) in [6.45, 7) is 8.05. The molecule has 1 aromatic rings. The maximum atomic E-state index is 11.5. The Hall–Kier alpha value is -1.97. The van der Waals surface area contributed by atoms with Gasteiger partial charge >= 0.3 is 5.97 Å². The first-order chi connectivity index (χ1) is 8.04. The van der Waals surface area contributed by atoms with E-state index < -0.39 is 0 Å². The van der Waals surface area contributed by atoms with Gasteiger partial charge in [0.15, 0.2) is 0 Å². The molecule has 0 radical (unpaired) electrons. The summed E-state index contributed by atoms with van der Waals surface area (Å²) in [4.78, 5) is 11.5. The van der Waals surface area contributed by atoms with Crippen molar-refractivity contribution >= 4 is 11.7 Å². The molecule has 92 valence electrons. The number of benzene rings is 1. The summed E-state index contributed by atoms with van der Waals surface area (Å²) in [5.74, 6) is 0.0891. The first-order valence-electron chi connectivity index (χ1n) is 5.38. The Morgan fingerprint density at radius 3 is 2.76 bits per heavy atom.